The Kier molecular flexibility index (Phi) is 3.97. The highest BCUT2D eigenvalue weighted by Crippen LogP contribution is 2.12. The second-order valence-electron chi connectivity index (χ2n) is 3.47. The van der Waals surface area contributed by atoms with Crippen molar-refractivity contribution >= 4 is 23.2 Å². The van der Waals surface area contributed by atoms with Gasteiger partial charge >= 0.3 is 0 Å². The van der Waals surface area contributed by atoms with Crippen LogP contribution < -0.4 is 0 Å². The predicted octanol–water partition coefficient (Wildman–Crippen LogP) is 2.07. The number of Topliss-reactive ketones (excluding diaryl/α,β-unsaturated/α-hetero) is 2. The van der Waals surface area contributed by atoms with Crippen LogP contribution in [-0.2, 0) is 16.0 Å². The Balaban J connectivity index is 2.79. The van der Waals surface area contributed by atoms with Crippen LogP contribution in [0.1, 0.15) is 19.4 Å². The smallest absolute Gasteiger partial charge is 0.140 e. The minimum absolute atomic E-state index is 0.113. The lowest BCUT2D eigenvalue weighted by Crippen LogP contribution is -2.21. The second kappa shape index (κ2) is 5.03. The van der Waals surface area contributed by atoms with Crippen molar-refractivity contribution in [3.8, 4) is 0 Å². The normalized spacial score (nSPS) is 10.4. The third-order valence-corrected chi connectivity index (χ3v) is 2.43. The van der Waals surface area contributed by atoms with Crippen molar-refractivity contribution in [3.63, 3.8) is 0 Å². The maximum atomic E-state index is 11.2. The lowest BCUT2D eigenvalue weighted by Gasteiger charge is -2.09. The molecule has 15 heavy (non-hydrogen) atoms. The van der Waals surface area contributed by atoms with E-state index in [0.29, 0.717) is 11.6 Å². The highest BCUT2D eigenvalue weighted by atomic mass is 35.5. The van der Waals surface area contributed by atoms with Gasteiger partial charge in [-0.05, 0) is 31.9 Å². The fraction of sp³-hybridized carbons (Fsp3) is 0.364. The van der Waals surface area contributed by atoms with E-state index in [9.17, 15) is 9.59 Å². The fourth-order valence-electron chi connectivity index (χ4n) is 1.34. The molecule has 3 nitrogen and oxygen atoms in total. The highest BCUT2D eigenvalue weighted by molar-refractivity contribution is 6.29. The Morgan fingerprint density at radius 2 is 1.93 bits per heavy atom. The monoisotopic (exact) mass is 225 g/mol. The van der Waals surface area contributed by atoms with Crippen LogP contribution in [0.2, 0.25) is 5.15 Å². The molecule has 0 N–H and O–H groups in total. The topological polar surface area (TPSA) is 47.0 Å². The van der Waals surface area contributed by atoms with Crippen molar-refractivity contribution < 1.29 is 9.59 Å². The molecule has 0 spiro atoms. The zero-order valence-corrected chi connectivity index (χ0v) is 9.41. The molecule has 1 rings (SSSR count). The number of halogens is 1. The van der Waals surface area contributed by atoms with Crippen molar-refractivity contribution in [2.75, 3.05) is 0 Å². The molecule has 0 bridgehead atoms. The Morgan fingerprint density at radius 3 is 2.33 bits per heavy atom. The van der Waals surface area contributed by atoms with Crippen molar-refractivity contribution in [2.24, 2.45) is 5.92 Å². The first kappa shape index (κ1) is 11.9. The van der Waals surface area contributed by atoms with Crippen molar-refractivity contribution in [1.29, 1.82) is 0 Å². The summed E-state index contributed by atoms with van der Waals surface area (Å²) in [6.45, 7) is 2.85. The molecule has 0 radical (unpaired) electrons. The predicted molar refractivity (Wildman–Crippen MR) is 57.8 cm³/mol. The quantitative estimate of drug-likeness (QED) is 0.582. The van der Waals surface area contributed by atoms with Crippen molar-refractivity contribution in [2.45, 2.75) is 20.3 Å². The second-order valence-corrected chi connectivity index (χ2v) is 3.85. The van der Waals surface area contributed by atoms with Gasteiger partial charge in [-0.15, -0.1) is 0 Å². The van der Waals surface area contributed by atoms with Gasteiger partial charge in [0.25, 0.3) is 0 Å². The molecule has 0 aliphatic heterocycles. The number of aromatic nitrogens is 1. The standard InChI is InChI=1S/C11H12ClNO2/c1-7(14)10(8(2)15)5-9-3-4-11(12)13-6-9/h3-4,6,10H,5H2,1-2H3. The number of carbonyl (C=O) groups is 2. The third-order valence-electron chi connectivity index (χ3n) is 2.21. The number of rotatable bonds is 4. The first-order valence-electron chi connectivity index (χ1n) is 4.62. The van der Waals surface area contributed by atoms with Crippen LogP contribution in [0.4, 0.5) is 0 Å². The summed E-state index contributed by atoms with van der Waals surface area (Å²) >= 11 is 5.63. The fourth-order valence-corrected chi connectivity index (χ4v) is 1.45. The van der Waals surface area contributed by atoms with Crippen LogP contribution in [0.25, 0.3) is 0 Å². The summed E-state index contributed by atoms with van der Waals surface area (Å²) in [6, 6.07) is 3.42. The molecule has 1 aromatic heterocycles. The summed E-state index contributed by atoms with van der Waals surface area (Å²) in [5.41, 5.74) is 0.842. The van der Waals surface area contributed by atoms with E-state index in [-0.39, 0.29) is 11.6 Å². The van der Waals surface area contributed by atoms with Crippen LogP contribution in [0, 0.1) is 5.92 Å². The van der Waals surface area contributed by atoms with E-state index in [1.54, 1.807) is 18.3 Å². The van der Waals surface area contributed by atoms with Gasteiger partial charge in [-0.3, -0.25) is 9.59 Å². The van der Waals surface area contributed by atoms with Gasteiger partial charge in [-0.1, -0.05) is 17.7 Å². The number of hydrogen-bond acceptors (Lipinski definition) is 3. The molecule has 0 atom stereocenters. The summed E-state index contributed by atoms with van der Waals surface area (Å²) in [4.78, 5) is 26.3. The molecule has 0 saturated heterocycles. The molecule has 0 amide bonds. The lowest BCUT2D eigenvalue weighted by molar-refractivity contribution is -0.130. The molecular formula is C11H12ClNO2. The first-order valence-corrected chi connectivity index (χ1v) is 5.00. The minimum Gasteiger partial charge on any atom is -0.299 e. The molecule has 0 aromatic carbocycles. The average molecular weight is 226 g/mol. The number of nitrogens with zero attached hydrogens (tertiary/aromatic N) is 1. The van der Waals surface area contributed by atoms with Crippen molar-refractivity contribution in [1.82, 2.24) is 4.98 Å². The zero-order chi connectivity index (χ0) is 11.4. The minimum atomic E-state index is -0.562. The molecule has 80 valence electrons. The van der Waals surface area contributed by atoms with E-state index in [0.717, 1.165) is 5.56 Å². The molecule has 0 unspecified atom stereocenters. The summed E-state index contributed by atoms with van der Waals surface area (Å²) in [5.74, 6) is -0.789. The molecule has 1 heterocycles. The van der Waals surface area contributed by atoms with Gasteiger partial charge in [-0.2, -0.15) is 0 Å². The maximum absolute atomic E-state index is 11.2. The van der Waals surface area contributed by atoms with Gasteiger partial charge in [0.15, 0.2) is 0 Å². The first-order chi connectivity index (χ1) is 7.00. The lowest BCUT2D eigenvalue weighted by atomic mass is 9.93. The molecule has 0 aliphatic carbocycles. The number of hydrogen-bond donors (Lipinski definition) is 0. The van der Waals surface area contributed by atoms with E-state index in [1.165, 1.54) is 13.8 Å². The molecule has 0 aliphatic rings. The maximum Gasteiger partial charge on any atom is 0.140 e. The SMILES string of the molecule is CC(=O)C(Cc1ccc(Cl)nc1)C(C)=O. The van der Waals surface area contributed by atoms with E-state index in [2.05, 4.69) is 4.98 Å². The Morgan fingerprint density at radius 1 is 1.33 bits per heavy atom. The van der Waals surface area contributed by atoms with Gasteiger partial charge in [0, 0.05) is 6.20 Å². The van der Waals surface area contributed by atoms with Crippen LogP contribution in [0.15, 0.2) is 18.3 Å². The molecule has 1 aromatic rings. The Labute approximate surface area is 93.5 Å². The summed E-state index contributed by atoms with van der Waals surface area (Å²) in [7, 11) is 0. The van der Waals surface area contributed by atoms with E-state index >= 15 is 0 Å². The molecular weight excluding hydrogens is 214 g/mol. The van der Waals surface area contributed by atoms with Gasteiger partial charge in [0.2, 0.25) is 0 Å². The van der Waals surface area contributed by atoms with Crippen LogP contribution in [-0.4, -0.2) is 16.6 Å². The summed E-state index contributed by atoms with van der Waals surface area (Å²) < 4.78 is 0. The van der Waals surface area contributed by atoms with Crippen LogP contribution in [0.5, 0.6) is 0 Å². The average Bonchev–Trinajstić information content (AvgIpc) is 2.15. The largest absolute Gasteiger partial charge is 0.299 e. The van der Waals surface area contributed by atoms with Crippen LogP contribution >= 0.6 is 11.6 Å². The molecule has 0 fully saturated rings. The van der Waals surface area contributed by atoms with Gasteiger partial charge < -0.3 is 0 Å². The molecule has 0 saturated carbocycles. The van der Waals surface area contributed by atoms with Crippen molar-refractivity contribution in [3.05, 3.63) is 29.0 Å². The summed E-state index contributed by atoms with van der Waals surface area (Å²) in [6.07, 6.45) is 1.98. The number of pyridine rings is 1. The molecule has 4 heteroatoms. The number of carbonyl (C=O) groups excluding carboxylic acids is 2. The Bertz CT molecular complexity index is 359. The van der Waals surface area contributed by atoms with E-state index in [1.807, 2.05) is 0 Å². The third kappa shape index (κ3) is 3.44. The van der Waals surface area contributed by atoms with Gasteiger partial charge in [-0.25, -0.2) is 4.98 Å². The van der Waals surface area contributed by atoms with Crippen LogP contribution in [0.3, 0.4) is 0 Å². The highest BCUT2D eigenvalue weighted by Gasteiger charge is 2.19. The van der Waals surface area contributed by atoms with E-state index in [4.69, 9.17) is 11.6 Å². The Hall–Kier alpha value is -1.22. The van der Waals surface area contributed by atoms with Gasteiger partial charge in [0.05, 0.1) is 5.92 Å². The number of ketones is 2. The zero-order valence-electron chi connectivity index (χ0n) is 8.66. The summed E-state index contributed by atoms with van der Waals surface area (Å²) in [5, 5.41) is 0.404. The van der Waals surface area contributed by atoms with Gasteiger partial charge in [0.1, 0.15) is 16.7 Å². The van der Waals surface area contributed by atoms with E-state index < -0.39 is 5.92 Å².